The summed E-state index contributed by atoms with van der Waals surface area (Å²) in [7, 11) is 0. The van der Waals surface area contributed by atoms with Crippen molar-refractivity contribution in [2.75, 3.05) is 0 Å². The van der Waals surface area contributed by atoms with Gasteiger partial charge in [-0.1, -0.05) is 30.3 Å². The second-order valence-electron chi connectivity index (χ2n) is 4.10. The molecule has 7 heteroatoms. The molecule has 19 heavy (non-hydrogen) atoms. The number of aromatic amines is 2. The molecule has 7 nitrogen and oxygen atoms in total. The number of nitrogens with one attached hydrogen (secondary N) is 2. The van der Waals surface area contributed by atoms with Crippen LogP contribution in [-0.4, -0.2) is 29.5 Å². The molecule has 4 aromatic rings. The van der Waals surface area contributed by atoms with Crippen molar-refractivity contribution in [1.29, 1.82) is 0 Å². The van der Waals surface area contributed by atoms with Crippen LogP contribution in [0, 0.1) is 0 Å². The first-order valence-corrected chi connectivity index (χ1v) is 5.70. The van der Waals surface area contributed by atoms with E-state index in [-0.39, 0.29) is 5.69 Å². The van der Waals surface area contributed by atoms with Gasteiger partial charge in [0.1, 0.15) is 5.65 Å². The van der Waals surface area contributed by atoms with Gasteiger partial charge in [0.05, 0.1) is 6.33 Å². The summed E-state index contributed by atoms with van der Waals surface area (Å²) in [4.78, 5) is 21.8. The maximum Gasteiger partial charge on any atom is 0.334 e. The predicted molar refractivity (Wildman–Crippen MR) is 68.7 cm³/mol. The minimum Gasteiger partial charge on any atom is -0.331 e. The molecule has 4 rings (SSSR count). The summed E-state index contributed by atoms with van der Waals surface area (Å²) in [5.74, 6) is 0.502. The Balaban J connectivity index is 2.17. The summed E-state index contributed by atoms with van der Waals surface area (Å²) in [5.41, 5.74) is 2.11. The van der Waals surface area contributed by atoms with Crippen LogP contribution in [0.2, 0.25) is 0 Å². The quantitative estimate of drug-likeness (QED) is 0.527. The fourth-order valence-electron chi connectivity index (χ4n) is 2.13. The molecule has 0 saturated carbocycles. The molecule has 3 heterocycles. The number of nitrogens with zero attached hydrogens (tertiary/aromatic N) is 4. The van der Waals surface area contributed by atoms with Gasteiger partial charge in [0.15, 0.2) is 17.0 Å². The molecule has 0 aliphatic carbocycles. The number of hydrogen-bond donors (Lipinski definition) is 2. The van der Waals surface area contributed by atoms with Crippen molar-refractivity contribution >= 4 is 16.8 Å². The van der Waals surface area contributed by atoms with Gasteiger partial charge in [-0.25, -0.2) is 14.2 Å². The monoisotopic (exact) mass is 252 g/mol. The minimum absolute atomic E-state index is 0.296. The highest BCUT2D eigenvalue weighted by molar-refractivity contribution is 5.85. The molecule has 0 bridgehead atoms. The standard InChI is InChI=1S/C12H8N6O/c19-12-15-9-8(13-6-14-9)11-17-16-10(18(11)12)7-4-2-1-3-5-7/h1-6H,(H,13,14)(H,15,19). The molecule has 0 unspecified atom stereocenters. The molecule has 2 N–H and O–H groups in total. The van der Waals surface area contributed by atoms with Crippen LogP contribution in [0.5, 0.6) is 0 Å². The molecule has 0 fully saturated rings. The molecule has 0 aliphatic heterocycles. The van der Waals surface area contributed by atoms with Crippen molar-refractivity contribution < 1.29 is 0 Å². The molecule has 92 valence electrons. The second-order valence-corrected chi connectivity index (χ2v) is 4.10. The molecule has 0 spiro atoms. The molecule has 0 saturated heterocycles. The van der Waals surface area contributed by atoms with Gasteiger partial charge in [-0.2, -0.15) is 0 Å². The molecule has 0 atom stereocenters. The first kappa shape index (κ1) is 10.0. The van der Waals surface area contributed by atoms with E-state index in [0.29, 0.717) is 22.6 Å². The summed E-state index contributed by atoms with van der Waals surface area (Å²) >= 11 is 0. The zero-order valence-electron chi connectivity index (χ0n) is 9.66. The Bertz CT molecular complexity index is 933. The van der Waals surface area contributed by atoms with E-state index in [1.54, 1.807) is 0 Å². The third-order valence-corrected chi connectivity index (χ3v) is 2.98. The van der Waals surface area contributed by atoms with E-state index in [4.69, 9.17) is 0 Å². The summed E-state index contributed by atoms with van der Waals surface area (Å²) in [6, 6.07) is 9.44. The van der Waals surface area contributed by atoms with Crippen LogP contribution in [0.1, 0.15) is 0 Å². The van der Waals surface area contributed by atoms with Crippen LogP contribution >= 0.6 is 0 Å². The van der Waals surface area contributed by atoms with Crippen molar-refractivity contribution in [3.05, 3.63) is 47.1 Å². The number of rotatable bonds is 1. The average Bonchev–Trinajstić information content (AvgIpc) is 3.05. The van der Waals surface area contributed by atoms with Crippen molar-refractivity contribution in [3.63, 3.8) is 0 Å². The zero-order valence-corrected chi connectivity index (χ0v) is 9.66. The van der Waals surface area contributed by atoms with Crippen molar-refractivity contribution in [1.82, 2.24) is 29.5 Å². The number of H-pyrrole nitrogens is 2. The van der Waals surface area contributed by atoms with Crippen LogP contribution < -0.4 is 5.69 Å². The van der Waals surface area contributed by atoms with Gasteiger partial charge in [0, 0.05) is 5.56 Å². The highest BCUT2D eigenvalue weighted by atomic mass is 16.1. The van der Waals surface area contributed by atoms with Gasteiger partial charge in [0.2, 0.25) is 0 Å². The SMILES string of the molecule is O=c1[nH]c2[nH]cnc2c2nnc(-c3ccccc3)n12. The Labute approximate surface area is 106 Å². The van der Waals surface area contributed by atoms with Gasteiger partial charge < -0.3 is 4.98 Å². The Hall–Kier alpha value is -2.96. The van der Waals surface area contributed by atoms with Crippen molar-refractivity contribution in [2.24, 2.45) is 0 Å². The summed E-state index contributed by atoms with van der Waals surface area (Å²) in [6.45, 7) is 0. The summed E-state index contributed by atoms with van der Waals surface area (Å²) < 4.78 is 1.43. The molecule has 1 aromatic carbocycles. The maximum atomic E-state index is 12.1. The van der Waals surface area contributed by atoms with Crippen LogP contribution in [-0.2, 0) is 0 Å². The Morgan fingerprint density at radius 1 is 1.11 bits per heavy atom. The molecular weight excluding hydrogens is 244 g/mol. The zero-order chi connectivity index (χ0) is 12.8. The third kappa shape index (κ3) is 1.32. The van der Waals surface area contributed by atoms with Crippen molar-refractivity contribution in [3.8, 4) is 11.4 Å². The van der Waals surface area contributed by atoms with Crippen LogP contribution in [0.4, 0.5) is 0 Å². The smallest absolute Gasteiger partial charge is 0.331 e. The lowest BCUT2D eigenvalue weighted by Crippen LogP contribution is -2.17. The normalized spacial score (nSPS) is 11.4. The number of aromatic nitrogens is 6. The predicted octanol–water partition coefficient (Wildman–Crippen LogP) is 0.961. The van der Waals surface area contributed by atoms with Crippen LogP contribution in [0.25, 0.3) is 28.2 Å². The number of benzene rings is 1. The van der Waals surface area contributed by atoms with E-state index in [2.05, 4.69) is 25.1 Å². The molecule has 0 radical (unpaired) electrons. The first-order valence-electron chi connectivity index (χ1n) is 5.70. The minimum atomic E-state index is -0.296. The number of fused-ring (bicyclic) bond motifs is 3. The van der Waals surface area contributed by atoms with Gasteiger partial charge >= 0.3 is 5.69 Å². The fraction of sp³-hybridized carbons (Fsp3) is 0. The second kappa shape index (κ2) is 3.52. The third-order valence-electron chi connectivity index (χ3n) is 2.98. The number of imidazole rings is 1. The van der Waals surface area contributed by atoms with E-state index in [0.717, 1.165) is 5.56 Å². The molecule has 0 aliphatic rings. The van der Waals surface area contributed by atoms with Gasteiger partial charge in [-0.05, 0) is 0 Å². The average molecular weight is 252 g/mol. The van der Waals surface area contributed by atoms with E-state index in [1.807, 2.05) is 30.3 Å². The van der Waals surface area contributed by atoms with E-state index in [1.165, 1.54) is 10.7 Å². The lowest BCUT2D eigenvalue weighted by atomic mass is 10.2. The topological polar surface area (TPSA) is 91.7 Å². The lowest BCUT2D eigenvalue weighted by Gasteiger charge is -1.98. The molecular formula is C12H8N6O. The van der Waals surface area contributed by atoms with Gasteiger partial charge in [0.25, 0.3) is 0 Å². The molecule has 3 aromatic heterocycles. The number of hydrogen-bond acceptors (Lipinski definition) is 4. The van der Waals surface area contributed by atoms with Crippen LogP contribution in [0.3, 0.4) is 0 Å². The Morgan fingerprint density at radius 3 is 2.79 bits per heavy atom. The lowest BCUT2D eigenvalue weighted by molar-refractivity contribution is 1.02. The maximum absolute atomic E-state index is 12.1. The van der Waals surface area contributed by atoms with Crippen LogP contribution in [0.15, 0.2) is 41.5 Å². The summed E-state index contributed by atoms with van der Waals surface area (Å²) in [5, 5.41) is 8.16. The Morgan fingerprint density at radius 2 is 1.95 bits per heavy atom. The van der Waals surface area contributed by atoms with Gasteiger partial charge in [-0.3, -0.25) is 4.98 Å². The fourth-order valence-corrected chi connectivity index (χ4v) is 2.13. The van der Waals surface area contributed by atoms with Crippen molar-refractivity contribution in [2.45, 2.75) is 0 Å². The van der Waals surface area contributed by atoms with E-state index in [9.17, 15) is 4.79 Å². The first-order chi connectivity index (χ1) is 9.34. The van der Waals surface area contributed by atoms with Gasteiger partial charge in [-0.15, -0.1) is 10.2 Å². The highest BCUT2D eigenvalue weighted by Crippen LogP contribution is 2.18. The van der Waals surface area contributed by atoms with E-state index < -0.39 is 0 Å². The molecule has 0 amide bonds. The van der Waals surface area contributed by atoms with E-state index >= 15 is 0 Å². The highest BCUT2D eigenvalue weighted by Gasteiger charge is 2.14. The largest absolute Gasteiger partial charge is 0.334 e. The summed E-state index contributed by atoms with van der Waals surface area (Å²) in [6.07, 6.45) is 1.51. The Kier molecular flexibility index (Phi) is 1.85.